The summed E-state index contributed by atoms with van der Waals surface area (Å²) in [6.07, 6.45) is 0. The summed E-state index contributed by atoms with van der Waals surface area (Å²) >= 11 is 0. The van der Waals surface area contributed by atoms with Crippen LogP contribution in [-0.2, 0) is 0 Å². The van der Waals surface area contributed by atoms with Crippen molar-refractivity contribution >= 4 is 23.9 Å². The van der Waals surface area contributed by atoms with Crippen LogP contribution >= 0.6 is 0 Å². The molecule has 0 heterocycles. The van der Waals surface area contributed by atoms with Gasteiger partial charge in [-0.2, -0.15) is 14.2 Å². The Morgan fingerprint density at radius 1 is 0.800 bits per heavy atom. The Morgan fingerprint density at radius 2 is 0.800 bits per heavy atom. The Hall–Kier alpha value is 0.719. The molecule has 5 heavy (non-hydrogen) atoms. The largest absolute Gasteiger partial charge is 2.00 e. The Labute approximate surface area is 48.8 Å². The molecule has 3 heteroatoms. The molecule has 0 atom stereocenters. The van der Waals surface area contributed by atoms with E-state index >= 15 is 0 Å². The molecule has 2 radical (unpaired) electrons. The molecule has 30 valence electrons. The van der Waals surface area contributed by atoms with Gasteiger partial charge in [0.1, 0.15) is 0 Å². The zero-order chi connectivity index (χ0) is 4.00. The van der Waals surface area contributed by atoms with Crippen LogP contribution in [0.2, 0.25) is 0 Å². The van der Waals surface area contributed by atoms with E-state index in [4.69, 9.17) is 10.2 Å². The fourth-order valence-electron chi connectivity index (χ4n) is 0. The van der Waals surface area contributed by atoms with Crippen LogP contribution in [0.1, 0.15) is 0 Å². The predicted molar refractivity (Wildman–Crippen MR) is 17.6 cm³/mol. The molecule has 0 saturated carbocycles. The van der Waals surface area contributed by atoms with Crippen LogP contribution in [0.4, 0.5) is 0 Å². The van der Waals surface area contributed by atoms with Crippen molar-refractivity contribution in [2.24, 2.45) is 0 Å². The quantitative estimate of drug-likeness (QED) is 0.390. The maximum absolute atomic E-state index is 8.25. The minimum absolute atomic E-state index is 0. The van der Waals surface area contributed by atoms with Crippen molar-refractivity contribution in [3.8, 4) is 0 Å². The van der Waals surface area contributed by atoms with Gasteiger partial charge in [0.05, 0.1) is 0 Å². The molecule has 0 N–H and O–H groups in total. The first-order chi connectivity index (χ1) is 2.00. The van der Waals surface area contributed by atoms with Gasteiger partial charge >= 0.3 is 23.9 Å². The number of rotatable bonds is 0. The van der Waals surface area contributed by atoms with Crippen molar-refractivity contribution in [1.29, 1.82) is 0 Å². The van der Waals surface area contributed by atoms with Crippen molar-refractivity contribution in [1.82, 2.24) is 0 Å². The first-order valence-electron chi connectivity index (χ1n) is 0.816. The van der Waals surface area contributed by atoms with E-state index in [1.165, 1.54) is 0 Å². The molecule has 0 aromatic rings. The minimum atomic E-state index is 0. The summed E-state index contributed by atoms with van der Waals surface area (Å²) in [6.45, 7) is 0. The van der Waals surface area contributed by atoms with Gasteiger partial charge in [-0.3, -0.25) is 0 Å². The molecule has 0 aliphatic carbocycles. The van der Waals surface area contributed by atoms with Crippen LogP contribution in [0.5, 0.6) is 0 Å². The average Bonchev–Trinajstić information content (AvgIpc) is 1.50. The van der Waals surface area contributed by atoms with Crippen LogP contribution in [0.3, 0.4) is 0 Å². The summed E-state index contributed by atoms with van der Waals surface area (Å²) in [7, 11) is 1.50. The third-order valence-electron chi connectivity index (χ3n) is 0. The van der Waals surface area contributed by atoms with Crippen LogP contribution in [0.25, 0.3) is 0 Å². The van der Waals surface area contributed by atoms with E-state index in [1.807, 2.05) is 0 Å². The first-order valence-corrected chi connectivity index (χ1v) is 0.816. The summed E-state index contributed by atoms with van der Waals surface area (Å²) < 4.78 is 0. The van der Waals surface area contributed by atoms with E-state index in [2.05, 4.69) is 0 Å². The maximum Gasteiger partial charge on any atom is 2.00 e. The molecular weight excluding hydrogens is 175 g/mol. The third kappa shape index (κ3) is 67.5. The maximum atomic E-state index is 8.25. The monoisotopic (exact) mass is 182 g/mol. The van der Waals surface area contributed by atoms with Crippen molar-refractivity contribution in [3.63, 3.8) is 0 Å². The van der Waals surface area contributed by atoms with Crippen molar-refractivity contribution in [3.05, 3.63) is 0 Å². The molecule has 0 aromatic carbocycles. The zero-order valence-electron chi connectivity index (χ0n) is 3.32. The fraction of sp³-hybridized carbons (Fsp3) is 1.00. The van der Waals surface area contributed by atoms with Gasteiger partial charge in [-0.05, 0) is 0 Å². The van der Waals surface area contributed by atoms with E-state index in [0.717, 1.165) is 14.2 Å². The molecule has 0 spiro atoms. The van der Waals surface area contributed by atoms with Crippen LogP contribution in [0, 0.1) is 0 Å². The molecule has 0 unspecified atom stereocenters. The SMILES string of the molecule is C[O-].C[O-].[Sn+2]. The molecular formula is C2H6O2Sn. The fourth-order valence-corrected chi connectivity index (χ4v) is 0. The third-order valence-corrected chi connectivity index (χ3v) is 0. The van der Waals surface area contributed by atoms with Gasteiger partial charge in [-0.15, -0.1) is 0 Å². The van der Waals surface area contributed by atoms with Crippen LogP contribution < -0.4 is 10.2 Å². The van der Waals surface area contributed by atoms with Gasteiger partial charge < -0.3 is 10.2 Å². The second kappa shape index (κ2) is 126. The zero-order valence-corrected chi connectivity index (χ0v) is 6.17. The average molecular weight is 181 g/mol. The van der Waals surface area contributed by atoms with Crippen LogP contribution in [0.15, 0.2) is 0 Å². The topological polar surface area (TPSA) is 46.1 Å². The summed E-state index contributed by atoms with van der Waals surface area (Å²) in [5.41, 5.74) is 0. The summed E-state index contributed by atoms with van der Waals surface area (Å²) in [6, 6.07) is 0. The molecule has 2 nitrogen and oxygen atoms in total. The van der Waals surface area contributed by atoms with Gasteiger partial charge in [0.25, 0.3) is 0 Å². The Morgan fingerprint density at radius 3 is 0.800 bits per heavy atom. The van der Waals surface area contributed by atoms with E-state index in [1.54, 1.807) is 0 Å². The molecule has 0 fully saturated rings. The van der Waals surface area contributed by atoms with E-state index in [-0.39, 0.29) is 23.9 Å². The second-order valence-corrected chi connectivity index (χ2v) is 0. The van der Waals surface area contributed by atoms with Gasteiger partial charge in [0.2, 0.25) is 0 Å². The smallest absolute Gasteiger partial charge is 0.857 e. The number of hydrogen-bond acceptors (Lipinski definition) is 2. The second-order valence-electron chi connectivity index (χ2n) is 0. The van der Waals surface area contributed by atoms with Crippen molar-refractivity contribution in [2.75, 3.05) is 14.2 Å². The first kappa shape index (κ1) is 17.2. The Balaban J connectivity index is -0.0000000133. The van der Waals surface area contributed by atoms with Gasteiger partial charge in [-0.1, -0.05) is 0 Å². The van der Waals surface area contributed by atoms with Crippen molar-refractivity contribution < 1.29 is 10.2 Å². The van der Waals surface area contributed by atoms with Crippen molar-refractivity contribution in [2.45, 2.75) is 0 Å². The van der Waals surface area contributed by atoms with E-state index in [0.29, 0.717) is 0 Å². The number of hydrogen-bond donors (Lipinski definition) is 0. The molecule has 0 amide bonds. The minimum Gasteiger partial charge on any atom is -0.857 e. The normalized spacial score (nSPS) is 2.40. The van der Waals surface area contributed by atoms with E-state index in [9.17, 15) is 0 Å². The Bertz CT molecular complexity index is 7.61. The molecule has 0 aromatic heterocycles. The standard InChI is InChI=1S/2CH3O.Sn/c2*1-2;/h2*1H3;/q2*-1;+2. The molecule has 0 aliphatic heterocycles. The summed E-state index contributed by atoms with van der Waals surface area (Å²) in [5, 5.41) is 16.5. The van der Waals surface area contributed by atoms with E-state index < -0.39 is 0 Å². The van der Waals surface area contributed by atoms with Gasteiger partial charge in [0, 0.05) is 0 Å². The summed E-state index contributed by atoms with van der Waals surface area (Å²) in [4.78, 5) is 0. The molecule has 0 aliphatic rings. The van der Waals surface area contributed by atoms with Crippen LogP contribution in [-0.4, -0.2) is 38.1 Å². The Kier molecular flexibility index (Phi) is 435. The predicted octanol–water partition coefficient (Wildman–Crippen LogP) is -2.43. The molecule has 0 saturated heterocycles. The van der Waals surface area contributed by atoms with Gasteiger partial charge in [-0.25, -0.2) is 0 Å². The molecule has 0 bridgehead atoms. The van der Waals surface area contributed by atoms with Gasteiger partial charge in [0.15, 0.2) is 0 Å². The molecule has 0 rings (SSSR count). The summed E-state index contributed by atoms with van der Waals surface area (Å²) in [5.74, 6) is 0.